The average Bonchev–Trinajstić information content (AvgIpc) is 2.37. The van der Waals surface area contributed by atoms with Gasteiger partial charge in [0.15, 0.2) is 0 Å². The molecule has 4 atom stereocenters. The van der Waals surface area contributed by atoms with Crippen LogP contribution in [0.1, 0.15) is 27.2 Å². The first kappa shape index (κ1) is 17.9. The van der Waals surface area contributed by atoms with E-state index in [-0.39, 0.29) is 38.5 Å². The molecular formula is C13H20O7Se. The Hall–Kier alpha value is -1.11. The molecule has 0 aromatic rings. The second-order valence-corrected chi connectivity index (χ2v) is 7.43. The van der Waals surface area contributed by atoms with Gasteiger partial charge in [0.25, 0.3) is 0 Å². The third-order valence-corrected chi connectivity index (χ3v) is 5.90. The van der Waals surface area contributed by atoms with E-state index in [4.69, 9.17) is 18.9 Å². The maximum absolute atomic E-state index is 11.2. The molecule has 1 heterocycles. The molecule has 1 aliphatic rings. The number of ether oxygens (including phenoxy) is 4. The summed E-state index contributed by atoms with van der Waals surface area (Å²) in [6.07, 6.45) is -0.327. The number of hydrogen-bond acceptors (Lipinski definition) is 7. The molecule has 0 spiro atoms. The topological polar surface area (TPSA) is 88.1 Å². The van der Waals surface area contributed by atoms with Crippen molar-refractivity contribution >= 4 is 32.9 Å². The van der Waals surface area contributed by atoms with Crippen molar-refractivity contribution < 1.29 is 33.3 Å². The minimum absolute atomic E-state index is 0.0532. The molecule has 120 valence electrons. The number of hydrogen-bond donors (Lipinski definition) is 0. The Kier molecular flexibility index (Phi) is 7.14. The Morgan fingerprint density at radius 2 is 1.62 bits per heavy atom. The Labute approximate surface area is 129 Å². The molecule has 4 unspecified atom stereocenters. The SMILES string of the molecule is COC1CC(OC(C)=O)C(OC(C)=O)[Se]C1COC(C)=O. The van der Waals surface area contributed by atoms with Crippen molar-refractivity contribution in [2.75, 3.05) is 13.7 Å². The number of carbonyl (C=O) groups is 3. The van der Waals surface area contributed by atoms with E-state index in [1.165, 1.54) is 20.8 Å². The van der Waals surface area contributed by atoms with Crippen LogP contribution in [-0.4, -0.2) is 63.8 Å². The third-order valence-electron chi connectivity index (χ3n) is 2.84. The molecule has 0 aromatic heterocycles. The first-order valence-corrected chi connectivity index (χ1v) is 8.47. The molecule has 0 aliphatic carbocycles. The van der Waals surface area contributed by atoms with Gasteiger partial charge in [-0.15, -0.1) is 0 Å². The predicted molar refractivity (Wildman–Crippen MR) is 72.7 cm³/mol. The fraction of sp³-hybridized carbons (Fsp3) is 0.769. The number of rotatable bonds is 5. The van der Waals surface area contributed by atoms with Crippen LogP contribution >= 0.6 is 0 Å². The van der Waals surface area contributed by atoms with Crippen molar-refractivity contribution in [1.82, 2.24) is 0 Å². The summed E-state index contributed by atoms with van der Waals surface area (Å²) in [4.78, 5) is 33.3. The van der Waals surface area contributed by atoms with Crippen molar-refractivity contribution in [3.8, 4) is 0 Å². The van der Waals surface area contributed by atoms with Crippen molar-refractivity contribution in [1.29, 1.82) is 0 Å². The molecule has 0 saturated carbocycles. The van der Waals surface area contributed by atoms with Crippen molar-refractivity contribution in [3.63, 3.8) is 0 Å². The zero-order valence-electron chi connectivity index (χ0n) is 12.5. The van der Waals surface area contributed by atoms with Crippen LogP contribution in [-0.2, 0) is 33.3 Å². The van der Waals surface area contributed by atoms with E-state index >= 15 is 0 Å². The Morgan fingerprint density at radius 3 is 2.10 bits per heavy atom. The van der Waals surface area contributed by atoms with Gasteiger partial charge in [0.05, 0.1) is 0 Å². The molecule has 0 bridgehead atoms. The van der Waals surface area contributed by atoms with E-state index in [2.05, 4.69) is 0 Å². The third kappa shape index (κ3) is 6.03. The quantitative estimate of drug-likeness (QED) is 0.392. The molecule has 7 nitrogen and oxygen atoms in total. The van der Waals surface area contributed by atoms with Gasteiger partial charge >= 0.3 is 129 Å². The second-order valence-electron chi connectivity index (χ2n) is 4.61. The van der Waals surface area contributed by atoms with E-state index < -0.39 is 23.0 Å². The van der Waals surface area contributed by atoms with E-state index in [0.717, 1.165) is 0 Å². The minimum atomic E-state index is -0.523. The fourth-order valence-electron chi connectivity index (χ4n) is 2.02. The summed E-state index contributed by atoms with van der Waals surface area (Å²) in [5.41, 5.74) is 0. The zero-order chi connectivity index (χ0) is 16.0. The first-order chi connectivity index (χ1) is 9.83. The fourth-order valence-corrected chi connectivity index (χ4v) is 5.00. The summed E-state index contributed by atoms with van der Waals surface area (Å²) in [7, 11) is 1.55. The summed E-state index contributed by atoms with van der Waals surface area (Å²) in [6.45, 7) is 4.16. The summed E-state index contributed by atoms with van der Waals surface area (Å²) in [5, 5.41) is -0.495. The van der Waals surface area contributed by atoms with E-state index in [1.54, 1.807) is 7.11 Å². The van der Waals surface area contributed by atoms with E-state index in [9.17, 15) is 14.4 Å². The number of methoxy groups -OCH3 is 1. The molecule has 1 aliphatic heterocycles. The van der Waals surface area contributed by atoms with Gasteiger partial charge in [-0.2, -0.15) is 0 Å². The summed E-state index contributed by atoms with van der Waals surface area (Å²) in [6, 6.07) is 0. The van der Waals surface area contributed by atoms with Crippen LogP contribution in [0.5, 0.6) is 0 Å². The second kappa shape index (κ2) is 8.36. The van der Waals surface area contributed by atoms with Crippen LogP contribution in [0.4, 0.5) is 0 Å². The van der Waals surface area contributed by atoms with Crippen molar-refractivity contribution in [3.05, 3.63) is 0 Å². The molecule has 21 heavy (non-hydrogen) atoms. The van der Waals surface area contributed by atoms with Gasteiger partial charge in [-0.05, 0) is 0 Å². The maximum atomic E-state index is 11.2. The Balaban J connectivity index is 2.77. The normalized spacial score (nSPS) is 28.6. The molecule has 0 amide bonds. The van der Waals surface area contributed by atoms with Crippen molar-refractivity contribution in [2.24, 2.45) is 0 Å². The number of esters is 3. The molecule has 1 rings (SSSR count). The van der Waals surface area contributed by atoms with Gasteiger partial charge < -0.3 is 0 Å². The van der Waals surface area contributed by atoms with E-state index in [1.807, 2.05) is 0 Å². The zero-order valence-corrected chi connectivity index (χ0v) is 14.2. The Morgan fingerprint density at radius 1 is 1.00 bits per heavy atom. The first-order valence-electron chi connectivity index (χ1n) is 6.49. The molecule has 1 saturated heterocycles. The molecule has 0 radical (unpaired) electrons. The predicted octanol–water partition coefficient (Wildman–Crippen LogP) is 0.282. The summed E-state index contributed by atoms with van der Waals surface area (Å²) >= 11 is -0.236. The van der Waals surface area contributed by atoms with E-state index in [0.29, 0.717) is 6.42 Å². The van der Waals surface area contributed by atoms with Gasteiger partial charge in [0.2, 0.25) is 0 Å². The Bertz CT molecular complexity index is 398. The average molecular weight is 367 g/mol. The van der Waals surface area contributed by atoms with Crippen LogP contribution < -0.4 is 0 Å². The standard InChI is InChI=1S/C13H20O7Se/c1-7(14)18-6-12-10(17-4)5-11(19-8(2)15)13(21-12)20-9(3)16/h10-13H,5-6H2,1-4H3. The van der Waals surface area contributed by atoms with Gasteiger partial charge in [-0.25, -0.2) is 0 Å². The monoisotopic (exact) mass is 368 g/mol. The molecule has 0 N–H and O–H groups in total. The van der Waals surface area contributed by atoms with Crippen LogP contribution in [0, 0.1) is 0 Å². The van der Waals surface area contributed by atoms with Gasteiger partial charge in [-0.3, -0.25) is 0 Å². The summed E-state index contributed by atoms with van der Waals surface area (Å²) in [5.74, 6) is -1.23. The molecule has 0 aromatic carbocycles. The molecule has 1 fully saturated rings. The van der Waals surface area contributed by atoms with Crippen LogP contribution in [0.3, 0.4) is 0 Å². The van der Waals surface area contributed by atoms with Crippen LogP contribution in [0.25, 0.3) is 0 Å². The molecule has 8 heteroatoms. The number of carbonyl (C=O) groups excluding carboxylic acids is 3. The van der Waals surface area contributed by atoms with Crippen molar-refractivity contribution in [2.45, 2.75) is 49.2 Å². The van der Waals surface area contributed by atoms with Crippen LogP contribution in [0.2, 0.25) is 4.82 Å². The summed E-state index contributed by atoms with van der Waals surface area (Å²) < 4.78 is 20.9. The molecular weight excluding hydrogens is 347 g/mol. The van der Waals surface area contributed by atoms with Gasteiger partial charge in [0.1, 0.15) is 0 Å². The van der Waals surface area contributed by atoms with Gasteiger partial charge in [-0.1, -0.05) is 0 Å². The van der Waals surface area contributed by atoms with Gasteiger partial charge in [0, 0.05) is 0 Å². The van der Waals surface area contributed by atoms with Crippen LogP contribution in [0.15, 0.2) is 0 Å².